The third-order valence-electron chi connectivity index (χ3n) is 4.46. The van der Waals surface area contributed by atoms with E-state index in [2.05, 4.69) is 10.3 Å². The molecule has 1 aliphatic heterocycles. The summed E-state index contributed by atoms with van der Waals surface area (Å²) in [5.41, 5.74) is 3.32. The molecule has 0 unspecified atom stereocenters. The van der Waals surface area contributed by atoms with Gasteiger partial charge in [-0.05, 0) is 39.8 Å². The van der Waals surface area contributed by atoms with Crippen molar-refractivity contribution in [3.63, 3.8) is 0 Å². The van der Waals surface area contributed by atoms with Gasteiger partial charge >= 0.3 is 5.97 Å². The Morgan fingerprint density at radius 1 is 1.29 bits per heavy atom. The smallest absolute Gasteiger partial charge is 0.309 e. The third-order valence-corrected chi connectivity index (χ3v) is 4.71. The number of aryl methyl sites for hydroxylation is 1. The lowest BCUT2D eigenvalue weighted by Crippen LogP contribution is -2.32. The van der Waals surface area contributed by atoms with Crippen molar-refractivity contribution in [2.75, 3.05) is 5.32 Å². The molecule has 0 spiro atoms. The SMILES string of the molecule is Cc1c2c(cn1C)NC(=O)[C@H](CC(=O)OC(C)(C)C)N=C2c1ccc(Cl)cc1. The number of nitrogens with one attached hydrogen (secondary N) is 1. The molecule has 0 radical (unpaired) electrons. The van der Waals surface area contributed by atoms with Crippen molar-refractivity contribution in [3.8, 4) is 0 Å². The molecule has 6 nitrogen and oxygen atoms in total. The molecule has 1 aromatic heterocycles. The van der Waals surface area contributed by atoms with Crippen LogP contribution in [0, 0.1) is 6.92 Å². The van der Waals surface area contributed by atoms with E-state index in [4.69, 9.17) is 16.3 Å². The van der Waals surface area contributed by atoms with E-state index in [1.807, 2.05) is 36.9 Å². The Labute approximate surface area is 169 Å². The predicted octanol–water partition coefficient (Wildman–Crippen LogP) is 3.88. The highest BCUT2D eigenvalue weighted by atomic mass is 35.5. The average Bonchev–Trinajstić information content (AvgIpc) is 2.76. The van der Waals surface area contributed by atoms with Crippen LogP contribution in [0.3, 0.4) is 0 Å². The predicted molar refractivity (Wildman–Crippen MR) is 110 cm³/mol. The van der Waals surface area contributed by atoms with E-state index in [-0.39, 0.29) is 12.3 Å². The number of anilines is 1. The molecule has 2 aromatic rings. The topological polar surface area (TPSA) is 72.7 Å². The number of hydrogen-bond acceptors (Lipinski definition) is 4. The van der Waals surface area contributed by atoms with Crippen molar-refractivity contribution >= 4 is 34.9 Å². The van der Waals surface area contributed by atoms with Crippen LogP contribution in [0.1, 0.15) is 44.0 Å². The maximum absolute atomic E-state index is 12.8. The van der Waals surface area contributed by atoms with E-state index in [9.17, 15) is 9.59 Å². The first kappa shape index (κ1) is 20.1. The summed E-state index contributed by atoms with van der Waals surface area (Å²) in [6, 6.07) is 6.40. The fraction of sp³-hybridized carbons (Fsp3) is 0.381. The number of aromatic nitrogens is 1. The second kappa shape index (κ2) is 7.43. The Balaban J connectivity index is 2.06. The summed E-state index contributed by atoms with van der Waals surface area (Å²) in [5.74, 6) is -0.794. The molecular formula is C21H24ClN3O3. The number of nitrogens with zero attached hydrogens (tertiary/aromatic N) is 2. The molecule has 2 heterocycles. The van der Waals surface area contributed by atoms with Crippen LogP contribution in [0.2, 0.25) is 5.02 Å². The minimum atomic E-state index is -0.877. The van der Waals surface area contributed by atoms with E-state index < -0.39 is 17.6 Å². The van der Waals surface area contributed by atoms with E-state index >= 15 is 0 Å². The number of halogens is 1. The maximum Gasteiger partial charge on any atom is 0.309 e. The van der Waals surface area contributed by atoms with Gasteiger partial charge in [0.25, 0.3) is 0 Å². The fourth-order valence-electron chi connectivity index (χ4n) is 3.12. The number of carbonyl (C=O) groups is 2. The second-order valence-corrected chi connectivity index (χ2v) is 8.33. The lowest BCUT2D eigenvalue weighted by atomic mass is 10.0. The van der Waals surface area contributed by atoms with Crippen LogP contribution in [0.4, 0.5) is 5.69 Å². The van der Waals surface area contributed by atoms with Gasteiger partial charge in [0.15, 0.2) is 0 Å². The molecule has 1 N–H and O–H groups in total. The van der Waals surface area contributed by atoms with Crippen LogP contribution in [-0.4, -0.2) is 33.8 Å². The molecule has 1 aliphatic rings. The summed E-state index contributed by atoms with van der Waals surface area (Å²) in [6.45, 7) is 7.34. The molecule has 1 aromatic carbocycles. The Bertz CT molecular complexity index is 953. The summed E-state index contributed by atoms with van der Waals surface area (Å²) in [7, 11) is 1.91. The minimum Gasteiger partial charge on any atom is -0.460 e. The minimum absolute atomic E-state index is 0.129. The Kier molecular flexibility index (Phi) is 5.35. The Hall–Kier alpha value is -2.60. The van der Waals surface area contributed by atoms with Crippen molar-refractivity contribution in [1.29, 1.82) is 0 Å². The summed E-state index contributed by atoms with van der Waals surface area (Å²) >= 11 is 6.03. The van der Waals surface area contributed by atoms with Crippen molar-refractivity contribution in [1.82, 2.24) is 4.57 Å². The lowest BCUT2D eigenvalue weighted by Gasteiger charge is -2.20. The number of rotatable bonds is 3. The molecule has 7 heteroatoms. The first-order chi connectivity index (χ1) is 13.0. The lowest BCUT2D eigenvalue weighted by molar-refractivity contribution is -0.155. The van der Waals surface area contributed by atoms with Crippen LogP contribution in [0.15, 0.2) is 35.5 Å². The Morgan fingerprint density at radius 3 is 2.54 bits per heavy atom. The number of fused-ring (bicyclic) bond motifs is 1. The van der Waals surface area contributed by atoms with E-state index in [1.54, 1.807) is 32.9 Å². The van der Waals surface area contributed by atoms with Gasteiger partial charge in [-0.2, -0.15) is 0 Å². The monoisotopic (exact) mass is 401 g/mol. The molecule has 0 bridgehead atoms. The molecule has 3 rings (SSSR count). The third kappa shape index (κ3) is 4.28. The zero-order valence-electron chi connectivity index (χ0n) is 16.7. The van der Waals surface area contributed by atoms with E-state index in [0.29, 0.717) is 16.4 Å². The van der Waals surface area contributed by atoms with Gasteiger partial charge in [0.2, 0.25) is 5.91 Å². The number of benzene rings is 1. The van der Waals surface area contributed by atoms with E-state index in [0.717, 1.165) is 16.8 Å². The summed E-state index contributed by atoms with van der Waals surface area (Å²) in [4.78, 5) is 29.8. The van der Waals surface area contributed by atoms with Crippen molar-refractivity contribution < 1.29 is 14.3 Å². The van der Waals surface area contributed by atoms with Gasteiger partial charge < -0.3 is 14.6 Å². The normalized spacial score (nSPS) is 16.7. The first-order valence-corrected chi connectivity index (χ1v) is 9.45. The highest BCUT2D eigenvalue weighted by molar-refractivity contribution is 6.31. The molecule has 0 fully saturated rings. The molecule has 148 valence electrons. The number of amides is 1. The number of esters is 1. The average molecular weight is 402 g/mol. The number of aliphatic imine (C=N–C) groups is 1. The fourth-order valence-corrected chi connectivity index (χ4v) is 3.25. The largest absolute Gasteiger partial charge is 0.460 e. The van der Waals surface area contributed by atoms with Gasteiger partial charge in [0, 0.05) is 35.1 Å². The summed E-state index contributed by atoms with van der Waals surface area (Å²) in [6.07, 6.45) is 1.72. The van der Waals surface area contributed by atoms with Gasteiger partial charge in [-0.3, -0.25) is 14.6 Å². The van der Waals surface area contributed by atoms with Crippen molar-refractivity contribution in [2.45, 2.75) is 45.8 Å². The summed E-state index contributed by atoms with van der Waals surface area (Å²) in [5, 5.41) is 3.52. The number of carbonyl (C=O) groups excluding carboxylic acids is 2. The van der Waals surface area contributed by atoms with Crippen LogP contribution in [0.5, 0.6) is 0 Å². The van der Waals surface area contributed by atoms with Crippen LogP contribution in [0.25, 0.3) is 0 Å². The van der Waals surface area contributed by atoms with Gasteiger partial charge in [0.1, 0.15) is 11.6 Å². The van der Waals surface area contributed by atoms with Gasteiger partial charge in [-0.1, -0.05) is 23.7 Å². The summed E-state index contributed by atoms with van der Waals surface area (Å²) < 4.78 is 7.31. The highest BCUT2D eigenvalue weighted by Crippen LogP contribution is 2.29. The first-order valence-electron chi connectivity index (χ1n) is 9.08. The zero-order valence-corrected chi connectivity index (χ0v) is 17.4. The van der Waals surface area contributed by atoms with E-state index in [1.165, 1.54) is 0 Å². The molecule has 28 heavy (non-hydrogen) atoms. The van der Waals surface area contributed by atoms with Crippen molar-refractivity contribution in [3.05, 3.63) is 52.3 Å². The van der Waals surface area contributed by atoms with Crippen LogP contribution in [-0.2, 0) is 21.4 Å². The number of hydrogen-bond donors (Lipinski definition) is 1. The van der Waals surface area contributed by atoms with Gasteiger partial charge in [0.05, 0.1) is 17.8 Å². The highest BCUT2D eigenvalue weighted by Gasteiger charge is 2.31. The molecule has 1 amide bonds. The number of ether oxygens (including phenoxy) is 1. The standard InChI is InChI=1S/C21H24ClN3O3/c1-12-18-16(11-25(12)5)24-20(27)15(10-17(26)28-21(2,3)4)23-19(18)13-6-8-14(22)9-7-13/h6-9,11,15H,10H2,1-5H3,(H,24,27)/t15-/m0/s1. The molecule has 1 atom stereocenters. The molecule has 0 saturated carbocycles. The van der Waals surface area contributed by atoms with Crippen molar-refractivity contribution in [2.24, 2.45) is 12.0 Å². The van der Waals surface area contributed by atoms with Gasteiger partial charge in [-0.25, -0.2) is 0 Å². The van der Waals surface area contributed by atoms with Crippen LogP contribution < -0.4 is 5.32 Å². The maximum atomic E-state index is 12.8. The second-order valence-electron chi connectivity index (χ2n) is 7.89. The zero-order chi connectivity index (χ0) is 20.6. The molecule has 0 aliphatic carbocycles. The Morgan fingerprint density at radius 2 is 1.93 bits per heavy atom. The quantitative estimate of drug-likeness (QED) is 0.793. The van der Waals surface area contributed by atoms with Crippen LogP contribution >= 0.6 is 11.6 Å². The van der Waals surface area contributed by atoms with Gasteiger partial charge in [-0.15, -0.1) is 0 Å². The molecular weight excluding hydrogens is 378 g/mol. The molecule has 0 saturated heterocycles.